The van der Waals surface area contributed by atoms with Crippen LogP contribution in [0.3, 0.4) is 0 Å². The van der Waals surface area contributed by atoms with Crippen LogP contribution in [0.15, 0.2) is 30.5 Å². The van der Waals surface area contributed by atoms with Crippen LogP contribution in [0.25, 0.3) is 11.0 Å². The average Bonchev–Trinajstić information content (AvgIpc) is 3.39. The molecule has 2 aromatic heterocycles. The molecule has 1 aromatic carbocycles. The van der Waals surface area contributed by atoms with Gasteiger partial charge in [-0.15, -0.1) is 0 Å². The van der Waals surface area contributed by atoms with E-state index in [0.717, 1.165) is 86.2 Å². The second kappa shape index (κ2) is 16.8. The van der Waals surface area contributed by atoms with Crippen LogP contribution in [0.1, 0.15) is 64.0 Å². The van der Waals surface area contributed by atoms with Crippen molar-refractivity contribution in [1.82, 2.24) is 24.3 Å². The van der Waals surface area contributed by atoms with Crippen molar-refractivity contribution in [2.45, 2.75) is 70.7 Å². The molecular weight excluding hydrogens is 577 g/mol. The van der Waals surface area contributed by atoms with Gasteiger partial charge < -0.3 is 31.0 Å². The van der Waals surface area contributed by atoms with Gasteiger partial charge in [-0.2, -0.15) is 4.98 Å². The molecule has 1 fully saturated rings. The number of methoxy groups -OCH3 is 1. The van der Waals surface area contributed by atoms with Crippen molar-refractivity contribution in [3.63, 3.8) is 0 Å². The van der Waals surface area contributed by atoms with E-state index < -0.39 is 0 Å². The third-order valence-corrected chi connectivity index (χ3v) is 11.4. The summed E-state index contributed by atoms with van der Waals surface area (Å²) in [5.41, 5.74) is 15.9. The lowest BCUT2D eigenvalue weighted by Crippen LogP contribution is -2.46. The number of piperazine rings is 1. The van der Waals surface area contributed by atoms with Crippen LogP contribution in [0.2, 0.25) is 0 Å². The Hall–Kier alpha value is -2.18. The second-order valence-electron chi connectivity index (χ2n) is 12.1. The molecule has 11 heteroatoms. The molecule has 9 nitrogen and oxygen atoms in total. The maximum absolute atomic E-state index is 6.02. The molecule has 1 saturated heterocycles. The molecular formula is C32H52N8OS2. The average molecular weight is 629 g/mol. The molecule has 4 rings (SSSR count). The van der Waals surface area contributed by atoms with Crippen molar-refractivity contribution < 1.29 is 4.74 Å². The van der Waals surface area contributed by atoms with Crippen LogP contribution < -0.4 is 21.5 Å². The Morgan fingerprint density at radius 1 is 1.02 bits per heavy atom. The molecule has 0 unspecified atom stereocenters. The third kappa shape index (κ3) is 10.2. The molecule has 0 radical (unpaired) electrons. The highest BCUT2D eigenvalue weighted by Crippen LogP contribution is 2.38. The van der Waals surface area contributed by atoms with Crippen molar-refractivity contribution in [3.8, 4) is 5.75 Å². The van der Waals surface area contributed by atoms with Crippen LogP contribution in [0.5, 0.6) is 5.75 Å². The molecule has 1 aliphatic rings. The highest BCUT2D eigenvalue weighted by molar-refractivity contribution is 8.77. The first-order valence-electron chi connectivity index (χ1n) is 15.8. The van der Waals surface area contributed by atoms with E-state index in [1.165, 1.54) is 37.8 Å². The molecule has 1 aliphatic heterocycles. The van der Waals surface area contributed by atoms with E-state index in [0.29, 0.717) is 17.2 Å². The number of rotatable bonds is 18. The number of fused-ring (bicyclic) bond motifs is 1. The summed E-state index contributed by atoms with van der Waals surface area (Å²) in [4.78, 5) is 14.2. The molecule has 0 bridgehead atoms. The van der Waals surface area contributed by atoms with E-state index >= 15 is 0 Å². The Balaban J connectivity index is 1.31. The molecule has 3 heterocycles. The van der Waals surface area contributed by atoms with Gasteiger partial charge in [-0.1, -0.05) is 53.5 Å². The highest BCUT2D eigenvalue weighted by Gasteiger charge is 2.21. The molecule has 0 aliphatic carbocycles. The number of nitrogen functional groups attached to an aromatic ring is 1. The number of nitrogens with zero attached hydrogens (tertiary/aromatic N) is 5. The first-order chi connectivity index (χ1) is 20.8. The molecule has 0 amide bonds. The molecule has 0 saturated carbocycles. The van der Waals surface area contributed by atoms with E-state index in [-0.39, 0.29) is 0 Å². The summed E-state index contributed by atoms with van der Waals surface area (Å²) in [6, 6.07) is 8.66. The van der Waals surface area contributed by atoms with Gasteiger partial charge in [0.2, 0.25) is 5.95 Å². The highest BCUT2D eigenvalue weighted by atomic mass is 33.1. The van der Waals surface area contributed by atoms with Crippen molar-refractivity contribution in [3.05, 3.63) is 41.6 Å². The fourth-order valence-corrected chi connectivity index (χ4v) is 8.08. The smallest absolute Gasteiger partial charge is 0.222 e. The second-order valence-corrected chi connectivity index (χ2v) is 15.2. The Kier molecular flexibility index (Phi) is 13.1. The lowest BCUT2D eigenvalue weighted by molar-refractivity contribution is 0.125. The number of anilines is 2. The molecule has 43 heavy (non-hydrogen) atoms. The fourth-order valence-electron chi connectivity index (χ4n) is 5.61. The number of unbranched alkanes of at least 4 members (excludes halogenated alkanes) is 2. The number of nitrogens with two attached hydrogens (primary N) is 2. The molecule has 0 atom stereocenters. The minimum absolute atomic E-state index is 0.294. The summed E-state index contributed by atoms with van der Waals surface area (Å²) < 4.78 is 8.37. The summed E-state index contributed by atoms with van der Waals surface area (Å²) in [6.07, 6.45) is 8.00. The van der Waals surface area contributed by atoms with Gasteiger partial charge in [-0.05, 0) is 57.4 Å². The van der Waals surface area contributed by atoms with Crippen LogP contribution in [0.4, 0.5) is 11.8 Å². The number of aromatic nitrogens is 3. The minimum atomic E-state index is 0.294. The van der Waals surface area contributed by atoms with Crippen LogP contribution in [-0.4, -0.2) is 87.8 Å². The van der Waals surface area contributed by atoms with Gasteiger partial charge in [0.05, 0.1) is 19.2 Å². The van der Waals surface area contributed by atoms with Crippen LogP contribution in [0, 0.1) is 0 Å². The van der Waals surface area contributed by atoms with E-state index in [4.69, 9.17) is 16.2 Å². The number of ether oxygens (including phenoxy) is 1. The van der Waals surface area contributed by atoms with Crippen molar-refractivity contribution >= 4 is 44.4 Å². The minimum Gasteiger partial charge on any atom is -0.496 e. The first-order valence-corrected chi connectivity index (χ1v) is 18.1. The zero-order valence-electron chi connectivity index (χ0n) is 26.6. The summed E-state index contributed by atoms with van der Waals surface area (Å²) in [6.45, 7) is 15.8. The summed E-state index contributed by atoms with van der Waals surface area (Å²) >= 11 is 0. The monoisotopic (exact) mass is 628 g/mol. The number of benzene rings is 1. The van der Waals surface area contributed by atoms with Gasteiger partial charge in [-0.25, -0.2) is 4.98 Å². The molecule has 3 aromatic rings. The number of hydrogen-bond donors (Lipinski definition) is 3. The maximum atomic E-state index is 6.02. The Morgan fingerprint density at radius 2 is 1.81 bits per heavy atom. The third-order valence-electron chi connectivity index (χ3n) is 8.00. The fraction of sp³-hybridized carbons (Fsp3) is 0.625. The zero-order valence-corrected chi connectivity index (χ0v) is 28.2. The molecule has 0 spiro atoms. The van der Waals surface area contributed by atoms with E-state index in [9.17, 15) is 0 Å². The van der Waals surface area contributed by atoms with E-state index in [1.54, 1.807) is 7.11 Å². The number of hydrogen-bond acceptors (Lipinski definition) is 10. The van der Waals surface area contributed by atoms with Crippen molar-refractivity contribution in [2.24, 2.45) is 5.73 Å². The summed E-state index contributed by atoms with van der Waals surface area (Å²) in [7, 11) is 5.65. The lowest BCUT2D eigenvalue weighted by atomic mass is 10.1. The number of nitrogens with one attached hydrogen (secondary N) is 1. The predicted octanol–water partition coefficient (Wildman–Crippen LogP) is 5.69. The standard InChI is InChI=1S/C32H52N8OS2/c1-5-6-7-14-35-30-29-27(36-31(34)37-30)11-16-40(29)24-26-10-9-25(22-28(26)41-4)23-39-19-17-38(18-20-39)15-8-12-32(2,3)43-42-21-13-33/h9-11,16,22H,5-8,12-15,17-21,23-24,33H2,1-4H3,(H3,34,35,36,37). The van der Waals surface area contributed by atoms with Crippen molar-refractivity contribution in [1.29, 1.82) is 0 Å². The first kappa shape index (κ1) is 33.7. The van der Waals surface area contributed by atoms with Gasteiger partial charge in [0.1, 0.15) is 11.3 Å². The van der Waals surface area contributed by atoms with Crippen LogP contribution >= 0.6 is 21.6 Å². The van der Waals surface area contributed by atoms with E-state index in [2.05, 4.69) is 74.8 Å². The quantitative estimate of drug-likeness (QED) is 0.120. The zero-order chi connectivity index (χ0) is 30.7. The topological polar surface area (TPSA) is 110 Å². The Morgan fingerprint density at radius 3 is 2.56 bits per heavy atom. The van der Waals surface area contributed by atoms with Gasteiger partial charge in [0, 0.05) is 68.1 Å². The molecule has 238 valence electrons. The van der Waals surface area contributed by atoms with Gasteiger partial charge in [0.25, 0.3) is 0 Å². The Labute approximate surface area is 266 Å². The summed E-state index contributed by atoms with van der Waals surface area (Å²) in [5, 5.41) is 3.49. The lowest BCUT2D eigenvalue weighted by Gasteiger charge is -2.35. The largest absolute Gasteiger partial charge is 0.496 e. The van der Waals surface area contributed by atoms with Gasteiger partial charge in [-0.3, -0.25) is 4.90 Å². The van der Waals surface area contributed by atoms with Crippen LogP contribution in [-0.2, 0) is 13.1 Å². The maximum Gasteiger partial charge on any atom is 0.222 e. The van der Waals surface area contributed by atoms with Gasteiger partial charge >= 0.3 is 0 Å². The van der Waals surface area contributed by atoms with Gasteiger partial charge in [0.15, 0.2) is 5.82 Å². The summed E-state index contributed by atoms with van der Waals surface area (Å²) in [5.74, 6) is 3.03. The SMILES string of the molecule is CCCCCNc1nc(N)nc2ccn(Cc3ccc(CN4CCN(CCCC(C)(C)SSCCN)CC4)cc3OC)c12. The Bertz CT molecular complexity index is 1280. The molecule has 5 N–H and O–H groups in total. The van der Waals surface area contributed by atoms with Crippen molar-refractivity contribution in [2.75, 3.05) is 69.7 Å². The predicted molar refractivity (Wildman–Crippen MR) is 186 cm³/mol. The normalized spacial score (nSPS) is 14.9. The van der Waals surface area contributed by atoms with E-state index in [1.807, 2.05) is 27.7 Å².